The van der Waals surface area contributed by atoms with E-state index in [0.717, 1.165) is 0 Å². The Hall–Kier alpha value is -0.860. The van der Waals surface area contributed by atoms with Crippen LogP contribution in [-0.2, 0) is 5.41 Å². The van der Waals surface area contributed by atoms with Crippen molar-refractivity contribution in [2.45, 2.75) is 38.6 Å². The maximum atomic E-state index is 2.70. The first-order chi connectivity index (χ1) is 8.97. The molecule has 0 saturated carbocycles. The summed E-state index contributed by atoms with van der Waals surface area (Å²) < 4.78 is 0. The van der Waals surface area contributed by atoms with Crippen LogP contribution in [-0.4, -0.2) is 43.0 Å². The maximum absolute atomic E-state index is 2.70. The molecule has 104 valence electrons. The molecule has 1 aliphatic carbocycles. The van der Waals surface area contributed by atoms with Gasteiger partial charge in [0.2, 0.25) is 0 Å². The number of aryl methyl sites for hydroxylation is 1. The summed E-state index contributed by atoms with van der Waals surface area (Å²) >= 11 is 0. The monoisotopic (exact) mass is 258 g/mol. The average Bonchev–Trinajstić information content (AvgIpc) is 2.62. The number of rotatable bonds is 1. The van der Waals surface area contributed by atoms with Crippen molar-refractivity contribution in [2.24, 2.45) is 0 Å². The molecule has 1 saturated heterocycles. The summed E-state index contributed by atoms with van der Waals surface area (Å²) in [5, 5.41) is 0. The first kappa shape index (κ1) is 13.1. The summed E-state index contributed by atoms with van der Waals surface area (Å²) in [6.45, 7) is 11.9. The highest BCUT2D eigenvalue weighted by atomic mass is 15.3. The van der Waals surface area contributed by atoms with E-state index in [1.807, 2.05) is 0 Å². The van der Waals surface area contributed by atoms with Gasteiger partial charge >= 0.3 is 0 Å². The molecule has 1 unspecified atom stereocenters. The standard InChI is InChI=1S/C17H26N2/c1-13-5-6-15-14(11-13)16(12-17(15,2)3)19-9-7-18(4)8-10-19/h5-6,11,16H,7-10,12H2,1-4H3. The van der Waals surface area contributed by atoms with Gasteiger partial charge in [-0.3, -0.25) is 4.90 Å². The lowest BCUT2D eigenvalue weighted by Gasteiger charge is -2.37. The van der Waals surface area contributed by atoms with Gasteiger partial charge in [-0.05, 0) is 36.9 Å². The number of hydrogen-bond donors (Lipinski definition) is 0. The van der Waals surface area contributed by atoms with Gasteiger partial charge < -0.3 is 4.90 Å². The van der Waals surface area contributed by atoms with Crippen molar-refractivity contribution in [2.75, 3.05) is 33.2 Å². The Morgan fingerprint density at radius 2 is 1.79 bits per heavy atom. The van der Waals surface area contributed by atoms with E-state index >= 15 is 0 Å². The predicted molar refractivity (Wildman–Crippen MR) is 80.6 cm³/mol. The molecule has 0 bridgehead atoms. The van der Waals surface area contributed by atoms with Gasteiger partial charge in [0.25, 0.3) is 0 Å². The van der Waals surface area contributed by atoms with Gasteiger partial charge in [-0.2, -0.15) is 0 Å². The van der Waals surface area contributed by atoms with E-state index in [9.17, 15) is 0 Å². The summed E-state index contributed by atoms with van der Waals surface area (Å²) in [7, 11) is 2.23. The molecule has 0 amide bonds. The maximum Gasteiger partial charge on any atom is 0.0360 e. The largest absolute Gasteiger partial charge is 0.304 e. The van der Waals surface area contributed by atoms with Gasteiger partial charge in [0, 0.05) is 32.2 Å². The van der Waals surface area contributed by atoms with E-state index in [0.29, 0.717) is 11.5 Å². The molecular formula is C17H26N2. The molecular weight excluding hydrogens is 232 g/mol. The number of benzene rings is 1. The summed E-state index contributed by atoms with van der Waals surface area (Å²) in [5.74, 6) is 0. The Kier molecular flexibility index (Phi) is 3.18. The van der Waals surface area contributed by atoms with E-state index in [4.69, 9.17) is 0 Å². The summed E-state index contributed by atoms with van der Waals surface area (Å²) in [6, 6.07) is 7.69. The normalized spacial score (nSPS) is 27.5. The number of nitrogens with zero attached hydrogens (tertiary/aromatic N) is 2. The first-order valence-electron chi connectivity index (χ1n) is 7.51. The zero-order valence-electron chi connectivity index (χ0n) is 12.7. The van der Waals surface area contributed by atoms with Crippen molar-refractivity contribution in [3.8, 4) is 0 Å². The van der Waals surface area contributed by atoms with Crippen molar-refractivity contribution in [3.63, 3.8) is 0 Å². The molecule has 0 aromatic heterocycles. The van der Waals surface area contributed by atoms with Crippen LogP contribution >= 0.6 is 0 Å². The van der Waals surface area contributed by atoms with Crippen LogP contribution in [0, 0.1) is 6.92 Å². The third kappa shape index (κ3) is 2.32. The second kappa shape index (κ2) is 4.60. The fourth-order valence-electron chi connectivity index (χ4n) is 3.74. The molecule has 1 fully saturated rings. The van der Waals surface area contributed by atoms with Gasteiger partial charge in [-0.25, -0.2) is 0 Å². The van der Waals surface area contributed by atoms with Crippen LogP contribution in [0.25, 0.3) is 0 Å². The van der Waals surface area contributed by atoms with Crippen molar-refractivity contribution in [1.29, 1.82) is 0 Å². The molecule has 0 spiro atoms. The topological polar surface area (TPSA) is 6.48 Å². The predicted octanol–water partition coefficient (Wildman–Crippen LogP) is 2.96. The molecule has 1 aromatic rings. The minimum Gasteiger partial charge on any atom is -0.304 e. The molecule has 2 nitrogen and oxygen atoms in total. The quantitative estimate of drug-likeness (QED) is 0.764. The van der Waals surface area contributed by atoms with E-state index < -0.39 is 0 Å². The van der Waals surface area contributed by atoms with Gasteiger partial charge in [-0.15, -0.1) is 0 Å². The lowest BCUT2D eigenvalue weighted by atomic mass is 9.86. The first-order valence-corrected chi connectivity index (χ1v) is 7.51. The van der Waals surface area contributed by atoms with Crippen LogP contribution < -0.4 is 0 Å². The molecule has 1 heterocycles. The molecule has 0 N–H and O–H groups in total. The summed E-state index contributed by atoms with van der Waals surface area (Å²) in [6.07, 6.45) is 1.27. The Balaban J connectivity index is 1.91. The molecule has 2 heteroatoms. The highest BCUT2D eigenvalue weighted by Gasteiger charge is 2.39. The van der Waals surface area contributed by atoms with Crippen molar-refractivity contribution < 1.29 is 0 Å². The fraction of sp³-hybridized carbons (Fsp3) is 0.647. The summed E-state index contributed by atoms with van der Waals surface area (Å²) in [4.78, 5) is 5.14. The molecule has 1 aliphatic heterocycles. The number of piperazine rings is 1. The molecule has 19 heavy (non-hydrogen) atoms. The van der Waals surface area contributed by atoms with Crippen LogP contribution in [0.4, 0.5) is 0 Å². The number of hydrogen-bond acceptors (Lipinski definition) is 2. The zero-order chi connectivity index (χ0) is 13.6. The van der Waals surface area contributed by atoms with E-state index in [1.54, 1.807) is 11.1 Å². The van der Waals surface area contributed by atoms with Crippen LogP contribution in [0.2, 0.25) is 0 Å². The second-order valence-electron chi connectivity index (χ2n) is 7.03. The Bertz CT molecular complexity index is 470. The van der Waals surface area contributed by atoms with Crippen LogP contribution in [0.1, 0.15) is 43.0 Å². The lowest BCUT2D eigenvalue weighted by molar-refractivity contribution is 0.105. The van der Waals surface area contributed by atoms with Crippen molar-refractivity contribution >= 4 is 0 Å². The summed E-state index contributed by atoms with van der Waals surface area (Å²) in [5.41, 5.74) is 4.89. The van der Waals surface area contributed by atoms with Gasteiger partial charge in [0.1, 0.15) is 0 Å². The molecule has 1 atom stereocenters. The number of fused-ring (bicyclic) bond motifs is 1. The molecule has 1 aromatic carbocycles. The van der Waals surface area contributed by atoms with Crippen LogP contribution in [0.15, 0.2) is 18.2 Å². The van der Waals surface area contributed by atoms with Gasteiger partial charge in [0.15, 0.2) is 0 Å². The van der Waals surface area contributed by atoms with Gasteiger partial charge in [-0.1, -0.05) is 37.6 Å². The third-order valence-electron chi connectivity index (χ3n) is 4.98. The Morgan fingerprint density at radius 1 is 1.11 bits per heavy atom. The van der Waals surface area contributed by atoms with Crippen LogP contribution in [0.3, 0.4) is 0 Å². The average molecular weight is 258 g/mol. The van der Waals surface area contributed by atoms with Gasteiger partial charge in [0.05, 0.1) is 0 Å². The minimum atomic E-state index is 0.330. The minimum absolute atomic E-state index is 0.330. The molecule has 3 rings (SSSR count). The number of likely N-dealkylation sites (N-methyl/N-ethyl adjacent to an activating group) is 1. The van der Waals surface area contributed by atoms with E-state index in [2.05, 4.69) is 55.8 Å². The zero-order valence-corrected chi connectivity index (χ0v) is 12.7. The third-order valence-corrected chi connectivity index (χ3v) is 4.98. The van der Waals surface area contributed by atoms with Crippen molar-refractivity contribution in [3.05, 3.63) is 34.9 Å². The Morgan fingerprint density at radius 3 is 2.47 bits per heavy atom. The Labute approximate surface area is 117 Å². The highest BCUT2D eigenvalue weighted by Crippen LogP contribution is 2.47. The fourth-order valence-corrected chi connectivity index (χ4v) is 3.74. The molecule has 0 radical (unpaired) electrons. The lowest BCUT2D eigenvalue weighted by Crippen LogP contribution is -2.45. The van der Waals surface area contributed by atoms with Crippen LogP contribution in [0.5, 0.6) is 0 Å². The highest BCUT2D eigenvalue weighted by molar-refractivity contribution is 5.43. The SMILES string of the molecule is Cc1ccc2c(c1)C(N1CCN(C)CC1)CC2(C)C. The molecule has 2 aliphatic rings. The van der Waals surface area contributed by atoms with E-state index in [-0.39, 0.29) is 0 Å². The smallest absolute Gasteiger partial charge is 0.0360 e. The van der Waals surface area contributed by atoms with E-state index in [1.165, 1.54) is 38.2 Å². The second-order valence-corrected chi connectivity index (χ2v) is 7.03. The van der Waals surface area contributed by atoms with Crippen molar-refractivity contribution in [1.82, 2.24) is 9.80 Å².